The first-order valence-electron chi connectivity index (χ1n) is 12.9. The topological polar surface area (TPSA) is 88.5 Å². The number of hydrogen-bond acceptors (Lipinski definition) is 7. The molecule has 0 aliphatic carbocycles. The van der Waals surface area contributed by atoms with Crippen LogP contribution in [0.25, 0.3) is 5.76 Å². The van der Waals surface area contributed by atoms with Crippen molar-refractivity contribution in [1.82, 2.24) is 9.80 Å². The Balaban J connectivity index is 1.82. The maximum absolute atomic E-state index is 13.4. The van der Waals surface area contributed by atoms with Gasteiger partial charge in [-0.3, -0.25) is 9.59 Å². The molecule has 2 atom stereocenters. The summed E-state index contributed by atoms with van der Waals surface area (Å²) in [5, 5.41) is 11.5. The van der Waals surface area contributed by atoms with Gasteiger partial charge in [0.05, 0.1) is 25.3 Å². The average Bonchev–Trinajstić information content (AvgIpc) is 3.40. The van der Waals surface area contributed by atoms with Crippen LogP contribution in [0.3, 0.4) is 0 Å². The summed E-state index contributed by atoms with van der Waals surface area (Å²) in [6.45, 7) is 11.1. The van der Waals surface area contributed by atoms with Gasteiger partial charge in [-0.25, -0.2) is 0 Å². The third kappa shape index (κ3) is 5.16. The molecular weight excluding hydrogens is 472 g/mol. The number of aliphatic hydroxyl groups is 1. The molecule has 2 heterocycles. The molecule has 37 heavy (non-hydrogen) atoms. The minimum absolute atomic E-state index is 0.0503. The zero-order valence-corrected chi connectivity index (χ0v) is 22.2. The lowest BCUT2D eigenvalue weighted by atomic mass is 9.94. The molecule has 8 heteroatoms. The average molecular weight is 509 g/mol. The number of nitrogens with zero attached hydrogens (tertiary/aromatic N) is 2. The molecule has 2 unspecified atom stereocenters. The molecule has 198 valence electrons. The number of aliphatic hydroxyl groups excluding tert-OH is 1. The number of carbonyl (C=O) groups excluding carboxylic acids is 2. The third-order valence-electron chi connectivity index (χ3n) is 7.06. The monoisotopic (exact) mass is 508 g/mol. The van der Waals surface area contributed by atoms with E-state index in [9.17, 15) is 14.7 Å². The van der Waals surface area contributed by atoms with Crippen LogP contribution in [0, 0.1) is 0 Å². The summed E-state index contributed by atoms with van der Waals surface area (Å²) in [4.78, 5) is 30.5. The zero-order valence-electron chi connectivity index (χ0n) is 22.2. The summed E-state index contributed by atoms with van der Waals surface area (Å²) in [7, 11) is 1.55. The normalized spacial score (nSPS) is 20.3. The molecule has 0 spiro atoms. The van der Waals surface area contributed by atoms with Crippen molar-refractivity contribution in [2.45, 2.75) is 46.3 Å². The number of carbonyl (C=O) groups is 2. The molecule has 0 saturated carbocycles. The molecular formula is C29H36N2O6. The van der Waals surface area contributed by atoms with E-state index >= 15 is 0 Å². The number of Topliss-reactive ketones (excluding diaryl/α,β-unsaturated/α-hetero) is 1. The van der Waals surface area contributed by atoms with E-state index in [0.717, 1.165) is 24.4 Å². The second-order valence-corrected chi connectivity index (χ2v) is 9.32. The lowest BCUT2D eigenvalue weighted by Gasteiger charge is -2.28. The molecule has 1 amide bonds. The van der Waals surface area contributed by atoms with Crippen molar-refractivity contribution in [2.75, 3.05) is 39.9 Å². The molecule has 1 fully saturated rings. The number of hydrogen-bond donors (Lipinski definition) is 1. The number of fused-ring (bicyclic) bond motifs is 1. The predicted molar refractivity (Wildman–Crippen MR) is 141 cm³/mol. The first kappa shape index (κ1) is 26.5. The van der Waals surface area contributed by atoms with Gasteiger partial charge in [-0.05, 0) is 68.4 Å². The Labute approximate surface area is 218 Å². The third-order valence-corrected chi connectivity index (χ3v) is 7.06. The van der Waals surface area contributed by atoms with Gasteiger partial charge in [0, 0.05) is 25.1 Å². The van der Waals surface area contributed by atoms with Crippen LogP contribution in [0.1, 0.15) is 50.4 Å². The summed E-state index contributed by atoms with van der Waals surface area (Å²) in [6.07, 6.45) is 0.767. The van der Waals surface area contributed by atoms with E-state index in [1.165, 1.54) is 0 Å². The number of likely N-dealkylation sites (N-methyl/N-ethyl adjacent to an activating group) is 1. The number of amides is 1. The van der Waals surface area contributed by atoms with Crippen LogP contribution in [-0.2, 0) is 16.0 Å². The van der Waals surface area contributed by atoms with Crippen LogP contribution in [0.4, 0.5) is 0 Å². The van der Waals surface area contributed by atoms with Gasteiger partial charge in [0.25, 0.3) is 11.7 Å². The van der Waals surface area contributed by atoms with Crippen LogP contribution in [-0.4, -0.2) is 72.6 Å². The summed E-state index contributed by atoms with van der Waals surface area (Å²) in [6, 6.07) is 9.98. The second kappa shape index (κ2) is 11.3. The lowest BCUT2D eigenvalue weighted by Crippen LogP contribution is -2.38. The van der Waals surface area contributed by atoms with Gasteiger partial charge in [0.2, 0.25) is 0 Å². The van der Waals surface area contributed by atoms with Crippen LogP contribution < -0.4 is 14.2 Å². The summed E-state index contributed by atoms with van der Waals surface area (Å²) >= 11 is 0. The van der Waals surface area contributed by atoms with Gasteiger partial charge in [-0.15, -0.1) is 0 Å². The van der Waals surface area contributed by atoms with Crippen LogP contribution in [0.5, 0.6) is 17.2 Å². The molecule has 2 aromatic carbocycles. The Bertz CT molecular complexity index is 1200. The Hall–Kier alpha value is -3.52. The Morgan fingerprint density at radius 2 is 1.86 bits per heavy atom. The standard InChI is InChI=1S/C29H36N2O6/c1-6-30(7-2)13-14-31-26(19-9-12-23(36-8-3)24(17-19)35-5)25(28(33)29(31)34)27(32)20-10-11-22-21(16-20)15-18(4)37-22/h9-12,16-18,26,32H,6-8,13-15H2,1-5H3/b27-25+. The minimum atomic E-state index is -0.761. The fourth-order valence-electron chi connectivity index (χ4n) is 5.10. The molecule has 2 aliphatic heterocycles. The first-order chi connectivity index (χ1) is 17.8. The maximum atomic E-state index is 13.4. The molecule has 0 aromatic heterocycles. The van der Waals surface area contributed by atoms with Gasteiger partial charge in [-0.2, -0.15) is 0 Å². The van der Waals surface area contributed by atoms with E-state index in [-0.39, 0.29) is 17.4 Å². The number of ketones is 1. The largest absolute Gasteiger partial charge is 0.507 e. The van der Waals surface area contributed by atoms with Crippen LogP contribution in [0.2, 0.25) is 0 Å². The first-order valence-corrected chi connectivity index (χ1v) is 12.9. The smallest absolute Gasteiger partial charge is 0.295 e. The van der Waals surface area contributed by atoms with Crippen molar-refractivity contribution in [1.29, 1.82) is 0 Å². The minimum Gasteiger partial charge on any atom is -0.507 e. The predicted octanol–water partition coefficient (Wildman–Crippen LogP) is 4.18. The number of methoxy groups -OCH3 is 1. The second-order valence-electron chi connectivity index (χ2n) is 9.32. The van der Waals surface area contributed by atoms with Crippen molar-refractivity contribution < 1.29 is 28.9 Å². The van der Waals surface area contributed by atoms with Gasteiger partial charge in [0.1, 0.15) is 17.6 Å². The lowest BCUT2D eigenvalue weighted by molar-refractivity contribution is -0.140. The number of ether oxygens (including phenoxy) is 3. The number of benzene rings is 2. The Morgan fingerprint density at radius 3 is 2.54 bits per heavy atom. The highest BCUT2D eigenvalue weighted by Gasteiger charge is 2.46. The number of likely N-dealkylation sites (tertiary alicyclic amines) is 1. The molecule has 1 saturated heterocycles. The van der Waals surface area contributed by atoms with Crippen molar-refractivity contribution in [3.8, 4) is 17.2 Å². The van der Waals surface area contributed by atoms with E-state index in [2.05, 4.69) is 18.7 Å². The maximum Gasteiger partial charge on any atom is 0.295 e. The summed E-state index contributed by atoms with van der Waals surface area (Å²) in [5.74, 6) is 0.337. The van der Waals surface area contributed by atoms with E-state index < -0.39 is 17.7 Å². The Morgan fingerprint density at radius 1 is 1.11 bits per heavy atom. The zero-order chi connectivity index (χ0) is 26.7. The highest BCUT2D eigenvalue weighted by molar-refractivity contribution is 6.46. The molecule has 2 aliphatic rings. The SMILES string of the molecule is CCOc1ccc(C2/C(=C(\O)c3ccc4c(c3)CC(C)O4)C(=O)C(=O)N2CCN(CC)CC)cc1OC. The molecule has 0 bridgehead atoms. The van der Waals surface area contributed by atoms with Crippen molar-refractivity contribution in [2.24, 2.45) is 0 Å². The van der Waals surface area contributed by atoms with Gasteiger partial charge in [0.15, 0.2) is 11.5 Å². The molecule has 2 aromatic rings. The van der Waals surface area contributed by atoms with E-state index in [1.54, 1.807) is 36.3 Å². The molecule has 4 rings (SSSR count). The van der Waals surface area contributed by atoms with Gasteiger partial charge < -0.3 is 29.1 Å². The quantitative estimate of drug-likeness (QED) is 0.293. The van der Waals surface area contributed by atoms with Crippen molar-refractivity contribution in [3.63, 3.8) is 0 Å². The molecule has 0 radical (unpaired) electrons. The fraction of sp³-hybridized carbons (Fsp3) is 0.448. The fourth-order valence-corrected chi connectivity index (χ4v) is 5.10. The van der Waals surface area contributed by atoms with Gasteiger partial charge in [-0.1, -0.05) is 19.9 Å². The highest BCUT2D eigenvalue weighted by Crippen LogP contribution is 2.42. The Kier molecular flexibility index (Phi) is 8.07. The highest BCUT2D eigenvalue weighted by atomic mass is 16.5. The molecule has 8 nitrogen and oxygen atoms in total. The van der Waals surface area contributed by atoms with E-state index in [4.69, 9.17) is 14.2 Å². The van der Waals surface area contributed by atoms with Crippen LogP contribution in [0.15, 0.2) is 42.0 Å². The summed E-state index contributed by atoms with van der Waals surface area (Å²) in [5.41, 5.74) is 2.19. The van der Waals surface area contributed by atoms with Gasteiger partial charge >= 0.3 is 0 Å². The van der Waals surface area contributed by atoms with Crippen LogP contribution >= 0.6 is 0 Å². The van der Waals surface area contributed by atoms with E-state index in [1.807, 2.05) is 26.0 Å². The van der Waals surface area contributed by atoms with E-state index in [0.29, 0.717) is 48.7 Å². The summed E-state index contributed by atoms with van der Waals surface area (Å²) < 4.78 is 17.0. The van der Waals surface area contributed by atoms with Crippen molar-refractivity contribution >= 4 is 17.4 Å². The molecule has 1 N–H and O–H groups in total. The number of rotatable bonds is 10. The van der Waals surface area contributed by atoms with Crippen molar-refractivity contribution in [3.05, 3.63) is 58.7 Å².